The molecule has 2 heterocycles. The predicted octanol–water partition coefficient (Wildman–Crippen LogP) is 3.17. The maximum Gasteiger partial charge on any atom is 0.266 e. The highest BCUT2D eigenvalue weighted by Crippen LogP contribution is 2.27. The summed E-state index contributed by atoms with van der Waals surface area (Å²) in [6, 6.07) is 16.2. The number of benzene rings is 2. The van der Waals surface area contributed by atoms with Gasteiger partial charge in [-0.15, -0.1) is 0 Å². The molecule has 0 aliphatic heterocycles. The van der Waals surface area contributed by atoms with Crippen LogP contribution in [0.5, 0.6) is 5.75 Å². The summed E-state index contributed by atoms with van der Waals surface area (Å²) in [5, 5.41) is 7.96. The molecule has 4 aromatic rings. The van der Waals surface area contributed by atoms with Gasteiger partial charge in [-0.2, -0.15) is 5.10 Å². The third kappa shape index (κ3) is 4.17. The van der Waals surface area contributed by atoms with Gasteiger partial charge in [0, 0.05) is 13.1 Å². The molecule has 2 aromatic heterocycles. The van der Waals surface area contributed by atoms with Crippen molar-refractivity contribution in [2.24, 2.45) is 7.05 Å². The highest BCUT2D eigenvalue weighted by Gasteiger charge is 2.17. The molecule has 0 radical (unpaired) electrons. The Kier molecular flexibility index (Phi) is 5.77. The summed E-state index contributed by atoms with van der Waals surface area (Å²) >= 11 is 1.18. The molecule has 0 saturated carbocycles. The number of amides is 1. The summed E-state index contributed by atoms with van der Waals surface area (Å²) in [5.74, 6) is 1.00. The molecule has 1 N–H and O–H groups in total. The minimum absolute atomic E-state index is 0.0736. The second-order valence-corrected chi connectivity index (χ2v) is 7.80. The fraction of sp³-hybridized carbons (Fsp3) is 0.182. The van der Waals surface area contributed by atoms with Crippen LogP contribution in [0.2, 0.25) is 0 Å². The first kappa shape index (κ1) is 20.7. The number of nitrogens with one attached hydrogen (secondary N) is 1. The van der Waals surface area contributed by atoms with E-state index in [1.54, 1.807) is 55.2 Å². The number of aryl methyl sites for hydroxylation is 2. The van der Waals surface area contributed by atoms with Gasteiger partial charge in [0.1, 0.15) is 11.6 Å². The maximum atomic E-state index is 13.3. The molecule has 0 spiro atoms. The molecule has 158 valence electrons. The highest BCUT2D eigenvalue weighted by atomic mass is 32.2. The van der Waals surface area contributed by atoms with Crippen molar-refractivity contribution in [3.05, 3.63) is 70.6 Å². The van der Waals surface area contributed by atoms with E-state index < -0.39 is 0 Å². The van der Waals surface area contributed by atoms with Gasteiger partial charge in [0.05, 0.1) is 35.1 Å². The van der Waals surface area contributed by atoms with Crippen molar-refractivity contribution in [2.45, 2.75) is 12.1 Å². The number of thioether (sulfide) groups is 1. The smallest absolute Gasteiger partial charge is 0.266 e. The molecule has 0 aliphatic rings. The van der Waals surface area contributed by atoms with E-state index in [1.807, 2.05) is 25.1 Å². The predicted molar refractivity (Wildman–Crippen MR) is 121 cm³/mol. The Morgan fingerprint density at radius 1 is 1.16 bits per heavy atom. The number of hydrogen-bond acceptors (Lipinski definition) is 6. The van der Waals surface area contributed by atoms with Gasteiger partial charge in [-0.25, -0.2) is 4.98 Å². The molecule has 0 fully saturated rings. The number of para-hydroxylation sites is 3. The van der Waals surface area contributed by atoms with E-state index in [-0.39, 0.29) is 17.2 Å². The fourth-order valence-corrected chi connectivity index (χ4v) is 4.08. The van der Waals surface area contributed by atoms with Gasteiger partial charge in [-0.3, -0.25) is 18.8 Å². The van der Waals surface area contributed by atoms with E-state index in [1.165, 1.54) is 16.3 Å². The molecular weight excluding hydrogens is 414 g/mol. The third-order valence-corrected chi connectivity index (χ3v) is 5.61. The van der Waals surface area contributed by atoms with Crippen molar-refractivity contribution in [3.8, 4) is 11.4 Å². The molecule has 8 nitrogen and oxygen atoms in total. The van der Waals surface area contributed by atoms with Crippen LogP contribution < -0.4 is 15.6 Å². The van der Waals surface area contributed by atoms with Gasteiger partial charge < -0.3 is 10.1 Å². The molecule has 9 heteroatoms. The largest absolute Gasteiger partial charge is 0.495 e. The van der Waals surface area contributed by atoms with E-state index in [4.69, 9.17) is 4.74 Å². The van der Waals surface area contributed by atoms with Gasteiger partial charge in [0.15, 0.2) is 5.16 Å². The van der Waals surface area contributed by atoms with Crippen LogP contribution in [-0.4, -0.2) is 38.1 Å². The van der Waals surface area contributed by atoms with Gasteiger partial charge in [-0.1, -0.05) is 36.0 Å². The van der Waals surface area contributed by atoms with Crippen LogP contribution >= 0.6 is 11.8 Å². The second kappa shape index (κ2) is 8.65. The summed E-state index contributed by atoms with van der Waals surface area (Å²) < 4.78 is 8.56. The molecule has 0 aliphatic carbocycles. The van der Waals surface area contributed by atoms with Crippen LogP contribution in [0.4, 0.5) is 5.82 Å². The zero-order chi connectivity index (χ0) is 22.0. The number of hydrogen-bond donors (Lipinski definition) is 1. The normalized spacial score (nSPS) is 10.9. The van der Waals surface area contributed by atoms with Gasteiger partial charge in [0.25, 0.3) is 5.56 Å². The fourth-order valence-electron chi connectivity index (χ4n) is 3.27. The number of rotatable bonds is 6. The summed E-state index contributed by atoms with van der Waals surface area (Å²) in [4.78, 5) is 30.6. The molecule has 2 aromatic carbocycles. The van der Waals surface area contributed by atoms with E-state index in [2.05, 4.69) is 15.4 Å². The number of methoxy groups -OCH3 is 1. The van der Waals surface area contributed by atoms with Crippen LogP contribution in [0, 0.1) is 6.92 Å². The maximum absolute atomic E-state index is 13.3. The van der Waals surface area contributed by atoms with Crippen molar-refractivity contribution in [3.63, 3.8) is 0 Å². The van der Waals surface area contributed by atoms with E-state index in [9.17, 15) is 9.59 Å². The van der Waals surface area contributed by atoms with Crippen LogP contribution in [0.1, 0.15) is 5.69 Å². The van der Waals surface area contributed by atoms with Crippen molar-refractivity contribution in [1.29, 1.82) is 0 Å². The van der Waals surface area contributed by atoms with Crippen LogP contribution in [0.25, 0.3) is 16.6 Å². The third-order valence-electron chi connectivity index (χ3n) is 4.67. The summed E-state index contributed by atoms with van der Waals surface area (Å²) in [5.41, 5.74) is 1.73. The lowest BCUT2D eigenvalue weighted by Gasteiger charge is -2.15. The zero-order valence-electron chi connectivity index (χ0n) is 17.3. The van der Waals surface area contributed by atoms with Crippen molar-refractivity contribution in [2.75, 3.05) is 18.2 Å². The van der Waals surface area contributed by atoms with Crippen molar-refractivity contribution in [1.82, 2.24) is 19.3 Å². The lowest BCUT2D eigenvalue weighted by Crippen LogP contribution is -2.23. The molecule has 31 heavy (non-hydrogen) atoms. The first-order valence-corrected chi connectivity index (χ1v) is 10.5. The number of ether oxygens (including phenoxy) is 1. The Labute approximate surface area is 182 Å². The minimum atomic E-state index is -0.222. The van der Waals surface area contributed by atoms with Crippen LogP contribution in [0.3, 0.4) is 0 Å². The number of carbonyl (C=O) groups excluding carboxylic acids is 1. The molecule has 0 bridgehead atoms. The minimum Gasteiger partial charge on any atom is -0.495 e. The first-order chi connectivity index (χ1) is 15.0. The molecule has 0 unspecified atom stereocenters. The Hall–Kier alpha value is -3.59. The Morgan fingerprint density at radius 3 is 2.65 bits per heavy atom. The Bertz CT molecular complexity index is 1330. The second-order valence-electron chi connectivity index (χ2n) is 6.86. The molecule has 1 amide bonds. The number of anilines is 1. The van der Waals surface area contributed by atoms with E-state index >= 15 is 0 Å². The quantitative estimate of drug-likeness (QED) is 0.370. The molecule has 0 saturated heterocycles. The molecule has 0 atom stereocenters. The number of fused-ring (bicyclic) bond motifs is 1. The molecular formula is C22H21N5O3S. The Morgan fingerprint density at radius 2 is 1.90 bits per heavy atom. The summed E-state index contributed by atoms with van der Waals surface area (Å²) in [7, 11) is 3.31. The average molecular weight is 436 g/mol. The van der Waals surface area contributed by atoms with Crippen LogP contribution in [0.15, 0.2) is 64.5 Å². The van der Waals surface area contributed by atoms with E-state index in [0.29, 0.717) is 33.3 Å². The number of nitrogens with zero attached hydrogens (tertiary/aromatic N) is 4. The van der Waals surface area contributed by atoms with Gasteiger partial charge >= 0.3 is 0 Å². The van der Waals surface area contributed by atoms with Crippen molar-refractivity contribution >= 4 is 34.4 Å². The summed E-state index contributed by atoms with van der Waals surface area (Å²) in [6.07, 6.45) is 0. The topological polar surface area (TPSA) is 91.0 Å². The van der Waals surface area contributed by atoms with Crippen LogP contribution in [-0.2, 0) is 11.8 Å². The van der Waals surface area contributed by atoms with E-state index in [0.717, 1.165) is 5.69 Å². The van der Waals surface area contributed by atoms with Gasteiger partial charge in [-0.05, 0) is 31.2 Å². The highest BCUT2D eigenvalue weighted by molar-refractivity contribution is 7.99. The first-order valence-electron chi connectivity index (χ1n) is 9.56. The average Bonchev–Trinajstić information content (AvgIpc) is 3.08. The van der Waals surface area contributed by atoms with Gasteiger partial charge in [0.2, 0.25) is 5.91 Å². The Balaban J connectivity index is 1.72. The lowest BCUT2D eigenvalue weighted by atomic mass is 10.2. The standard InChI is InChI=1S/C22H21N5O3S/c1-14-12-19(26(2)25-14)24-20(28)13-31-22-23-16-9-5-4-8-15(16)21(29)27(22)17-10-6-7-11-18(17)30-3/h4-12H,13H2,1-3H3,(H,24,28). The zero-order valence-corrected chi connectivity index (χ0v) is 18.1. The number of carbonyl (C=O) groups is 1. The summed E-state index contributed by atoms with van der Waals surface area (Å²) in [6.45, 7) is 1.86. The van der Waals surface area contributed by atoms with Crippen molar-refractivity contribution < 1.29 is 9.53 Å². The SMILES string of the molecule is COc1ccccc1-n1c(SCC(=O)Nc2cc(C)nn2C)nc2ccccc2c1=O. The number of aromatic nitrogens is 4. The molecule has 4 rings (SSSR count). The lowest BCUT2D eigenvalue weighted by molar-refractivity contribution is -0.113. The monoisotopic (exact) mass is 435 g/mol.